The van der Waals surface area contributed by atoms with Gasteiger partial charge in [0.2, 0.25) is 5.13 Å². The first-order valence-electron chi connectivity index (χ1n) is 9.11. The zero-order valence-corrected chi connectivity index (χ0v) is 17.5. The molecule has 0 N–H and O–H groups in total. The van der Waals surface area contributed by atoms with E-state index in [0.29, 0.717) is 27.3 Å². The predicted octanol–water partition coefficient (Wildman–Crippen LogP) is 5.34. The molecule has 1 amide bonds. The van der Waals surface area contributed by atoms with Crippen LogP contribution in [-0.2, 0) is 4.79 Å². The number of likely N-dealkylation sites (N-methyl/N-ethyl adjacent to an activating group) is 1. The van der Waals surface area contributed by atoms with Crippen LogP contribution in [0.1, 0.15) is 12.5 Å². The number of thiazole rings is 1. The van der Waals surface area contributed by atoms with Gasteiger partial charge in [-0.1, -0.05) is 42.5 Å². The highest BCUT2D eigenvalue weighted by molar-refractivity contribution is 8.18. The zero-order chi connectivity index (χ0) is 21.1. The molecule has 0 unspecified atom stereocenters. The number of rotatable bonds is 5. The van der Waals surface area contributed by atoms with Gasteiger partial charge < -0.3 is 0 Å². The highest BCUT2D eigenvalue weighted by Gasteiger charge is 2.33. The third-order valence-electron chi connectivity index (χ3n) is 4.38. The molecular weight excluding hydrogens is 420 g/mol. The summed E-state index contributed by atoms with van der Waals surface area (Å²) >= 11 is 2.60. The number of nitrogens with zero attached hydrogens (tertiary/aromatic N) is 4. The quantitative estimate of drug-likeness (QED) is 0.306. The first kappa shape index (κ1) is 20.0. The van der Waals surface area contributed by atoms with Crippen LogP contribution in [0, 0.1) is 10.1 Å². The lowest BCUT2D eigenvalue weighted by Gasteiger charge is -2.11. The van der Waals surface area contributed by atoms with Crippen LogP contribution < -0.4 is 0 Å². The minimum Gasteiger partial charge on any atom is -0.287 e. The number of nitro benzene ring substituents is 1. The van der Waals surface area contributed by atoms with Gasteiger partial charge in [-0.05, 0) is 30.8 Å². The van der Waals surface area contributed by atoms with E-state index in [1.807, 2.05) is 42.6 Å². The number of thioether (sulfide) groups is 1. The SMILES string of the molecule is CCN1C(=O)/C(=C/c2ccccc2[N+](=O)[O-])S/C1=N/c1nc(-c2ccccc2)cs1. The Balaban J connectivity index is 1.65. The zero-order valence-electron chi connectivity index (χ0n) is 15.9. The van der Waals surface area contributed by atoms with E-state index in [0.717, 1.165) is 11.3 Å². The number of aromatic nitrogens is 1. The second-order valence-electron chi connectivity index (χ2n) is 6.25. The molecule has 0 saturated carbocycles. The molecule has 1 aliphatic rings. The highest BCUT2D eigenvalue weighted by Crippen LogP contribution is 2.36. The number of hydrogen-bond acceptors (Lipinski definition) is 7. The lowest BCUT2D eigenvalue weighted by molar-refractivity contribution is -0.385. The van der Waals surface area contributed by atoms with Crippen molar-refractivity contribution < 1.29 is 9.72 Å². The topological polar surface area (TPSA) is 88.7 Å². The Morgan fingerprint density at radius 3 is 2.63 bits per heavy atom. The Bertz CT molecular complexity index is 1170. The van der Waals surface area contributed by atoms with Crippen molar-refractivity contribution in [1.82, 2.24) is 9.88 Å². The predicted molar refractivity (Wildman–Crippen MR) is 121 cm³/mol. The van der Waals surface area contributed by atoms with Crippen LogP contribution in [0.5, 0.6) is 0 Å². The number of carbonyl (C=O) groups excluding carboxylic acids is 1. The molecule has 2 aromatic carbocycles. The van der Waals surface area contributed by atoms with Crippen LogP contribution in [-0.4, -0.2) is 32.4 Å². The summed E-state index contributed by atoms with van der Waals surface area (Å²) in [4.78, 5) is 34.7. The highest BCUT2D eigenvalue weighted by atomic mass is 32.2. The second kappa shape index (κ2) is 8.60. The molecule has 1 aromatic heterocycles. The van der Waals surface area contributed by atoms with E-state index in [2.05, 4.69) is 9.98 Å². The lowest BCUT2D eigenvalue weighted by Crippen LogP contribution is -2.28. The van der Waals surface area contributed by atoms with Crippen molar-refractivity contribution >= 4 is 51.1 Å². The van der Waals surface area contributed by atoms with Crippen molar-refractivity contribution in [3.05, 3.63) is 80.6 Å². The summed E-state index contributed by atoms with van der Waals surface area (Å²) in [5.41, 5.74) is 2.17. The van der Waals surface area contributed by atoms with Gasteiger partial charge in [0, 0.05) is 23.6 Å². The molecule has 0 bridgehead atoms. The number of amides is 1. The van der Waals surface area contributed by atoms with Crippen molar-refractivity contribution in [2.75, 3.05) is 6.54 Å². The van der Waals surface area contributed by atoms with E-state index in [9.17, 15) is 14.9 Å². The van der Waals surface area contributed by atoms with Crippen molar-refractivity contribution in [1.29, 1.82) is 0 Å². The number of amidine groups is 1. The fourth-order valence-electron chi connectivity index (χ4n) is 2.93. The van der Waals surface area contributed by atoms with Gasteiger partial charge in [0.25, 0.3) is 11.6 Å². The number of carbonyl (C=O) groups is 1. The fraction of sp³-hybridized carbons (Fsp3) is 0.0952. The smallest absolute Gasteiger partial charge is 0.276 e. The molecule has 3 aromatic rings. The Labute approximate surface area is 180 Å². The maximum Gasteiger partial charge on any atom is 0.276 e. The van der Waals surface area contributed by atoms with Gasteiger partial charge in [0.1, 0.15) is 0 Å². The van der Waals surface area contributed by atoms with E-state index in [4.69, 9.17) is 0 Å². The van der Waals surface area contributed by atoms with Crippen LogP contribution in [0.3, 0.4) is 0 Å². The first-order valence-corrected chi connectivity index (χ1v) is 10.8. The van der Waals surface area contributed by atoms with Crippen molar-refractivity contribution in [2.24, 2.45) is 4.99 Å². The van der Waals surface area contributed by atoms with E-state index in [1.54, 1.807) is 29.2 Å². The molecule has 7 nitrogen and oxygen atoms in total. The van der Waals surface area contributed by atoms with Gasteiger partial charge in [-0.3, -0.25) is 19.8 Å². The summed E-state index contributed by atoms with van der Waals surface area (Å²) in [6.07, 6.45) is 1.55. The average molecular weight is 437 g/mol. The van der Waals surface area contributed by atoms with E-state index in [1.165, 1.54) is 29.2 Å². The standard InChI is InChI=1S/C21H16N4O3S2/c1-2-24-19(26)18(12-15-10-6-7-11-17(15)25(27)28)30-21(24)23-20-22-16(13-29-20)14-8-4-3-5-9-14/h3-13H,2H2,1H3/b18-12-,23-21+. The molecule has 0 radical (unpaired) electrons. The Morgan fingerprint density at radius 2 is 1.90 bits per heavy atom. The fourth-order valence-corrected chi connectivity index (χ4v) is 4.71. The van der Waals surface area contributed by atoms with Gasteiger partial charge in [-0.15, -0.1) is 11.3 Å². The van der Waals surface area contributed by atoms with E-state index in [-0.39, 0.29) is 11.6 Å². The Hall–Kier alpha value is -3.30. The number of aliphatic imine (C=N–C) groups is 1. The summed E-state index contributed by atoms with van der Waals surface area (Å²) in [6, 6.07) is 16.1. The molecule has 30 heavy (non-hydrogen) atoms. The molecule has 4 rings (SSSR count). The minimum absolute atomic E-state index is 0.0423. The van der Waals surface area contributed by atoms with Gasteiger partial charge in [0.05, 0.1) is 21.1 Å². The largest absolute Gasteiger partial charge is 0.287 e. The lowest BCUT2D eigenvalue weighted by atomic mass is 10.1. The van der Waals surface area contributed by atoms with Gasteiger partial charge in [-0.2, -0.15) is 4.99 Å². The Morgan fingerprint density at radius 1 is 1.17 bits per heavy atom. The summed E-state index contributed by atoms with van der Waals surface area (Å²) < 4.78 is 0. The molecular formula is C21H16N4O3S2. The van der Waals surface area contributed by atoms with Crippen LogP contribution >= 0.6 is 23.1 Å². The van der Waals surface area contributed by atoms with Crippen molar-refractivity contribution in [2.45, 2.75) is 6.92 Å². The summed E-state index contributed by atoms with van der Waals surface area (Å²) in [7, 11) is 0. The molecule has 1 aliphatic heterocycles. The first-order chi connectivity index (χ1) is 14.6. The van der Waals surface area contributed by atoms with Crippen LogP contribution in [0.25, 0.3) is 17.3 Å². The molecule has 0 atom stereocenters. The second-order valence-corrected chi connectivity index (χ2v) is 8.10. The number of para-hydroxylation sites is 1. The summed E-state index contributed by atoms with van der Waals surface area (Å²) in [5.74, 6) is -0.223. The van der Waals surface area contributed by atoms with Gasteiger partial charge in [0.15, 0.2) is 5.17 Å². The third kappa shape index (κ3) is 4.03. The van der Waals surface area contributed by atoms with E-state index < -0.39 is 4.92 Å². The minimum atomic E-state index is -0.455. The number of hydrogen-bond donors (Lipinski definition) is 0. The monoisotopic (exact) mass is 436 g/mol. The number of benzene rings is 2. The molecule has 150 valence electrons. The Kier molecular flexibility index (Phi) is 5.73. The molecule has 1 saturated heterocycles. The molecule has 9 heteroatoms. The van der Waals surface area contributed by atoms with E-state index >= 15 is 0 Å². The molecule has 0 aliphatic carbocycles. The average Bonchev–Trinajstić information content (AvgIpc) is 3.34. The normalized spacial score (nSPS) is 16.6. The molecule has 1 fully saturated rings. The van der Waals surface area contributed by atoms with Gasteiger partial charge in [-0.25, -0.2) is 4.98 Å². The summed E-state index contributed by atoms with van der Waals surface area (Å²) in [5, 5.41) is 14.3. The van der Waals surface area contributed by atoms with Crippen LogP contribution in [0.4, 0.5) is 10.8 Å². The third-order valence-corrected chi connectivity index (χ3v) is 6.12. The van der Waals surface area contributed by atoms with Crippen molar-refractivity contribution in [3.63, 3.8) is 0 Å². The van der Waals surface area contributed by atoms with Crippen LogP contribution in [0.15, 0.2) is 69.9 Å². The summed E-state index contributed by atoms with van der Waals surface area (Å²) in [6.45, 7) is 2.30. The molecule has 2 heterocycles. The van der Waals surface area contributed by atoms with Crippen LogP contribution in [0.2, 0.25) is 0 Å². The maximum absolute atomic E-state index is 12.8. The maximum atomic E-state index is 12.8. The molecule has 0 spiro atoms. The van der Waals surface area contributed by atoms with Crippen molar-refractivity contribution in [3.8, 4) is 11.3 Å². The van der Waals surface area contributed by atoms with Gasteiger partial charge >= 0.3 is 0 Å². The number of nitro groups is 1.